The van der Waals surface area contributed by atoms with Gasteiger partial charge in [0.1, 0.15) is 29.3 Å². The van der Waals surface area contributed by atoms with E-state index in [-0.39, 0.29) is 18.9 Å². The van der Waals surface area contributed by atoms with Gasteiger partial charge in [0, 0.05) is 17.5 Å². The van der Waals surface area contributed by atoms with E-state index >= 15 is 0 Å². The molecular weight excluding hydrogens is 338 g/mol. The lowest BCUT2D eigenvalue weighted by atomic mass is 10.1. The molecular formula is C19H17NO6. The molecule has 1 aromatic heterocycles. The molecule has 0 unspecified atom stereocenters. The third kappa shape index (κ3) is 3.51. The van der Waals surface area contributed by atoms with Crippen molar-refractivity contribution in [3.63, 3.8) is 0 Å². The van der Waals surface area contributed by atoms with Crippen LogP contribution < -0.4 is 4.74 Å². The summed E-state index contributed by atoms with van der Waals surface area (Å²) in [6.45, 7) is 3.88. The maximum atomic E-state index is 12.1. The van der Waals surface area contributed by atoms with Crippen LogP contribution in [0.25, 0.3) is 11.0 Å². The molecule has 0 N–H and O–H groups in total. The normalized spacial score (nSPS) is 10.7. The zero-order chi connectivity index (χ0) is 18.7. The van der Waals surface area contributed by atoms with Crippen molar-refractivity contribution in [1.29, 1.82) is 0 Å². The minimum atomic E-state index is -0.449. The lowest BCUT2D eigenvalue weighted by Crippen LogP contribution is -2.05. The number of nitro groups is 1. The molecule has 0 atom stereocenters. The maximum absolute atomic E-state index is 12.1. The Labute approximate surface area is 149 Å². The molecule has 0 amide bonds. The van der Waals surface area contributed by atoms with Crippen LogP contribution in [0.4, 0.5) is 5.69 Å². The number of fused-ring (bicyclic) bond motifs is 1. The van der Waals surface area contributed by atoms with Crippen molar-refractivity contribution in [2.45, 2.75) is 20.5 Å². The number of nitro benzene ring substituents is 1. The van der Waals surface area contributed by atoms with E-state index in [1.54, 1.807) is 44.2 Å². The number of carbonyl (C=O) groups is 1. The van der Waals surface area contributed by atoms with Gasteiger partial charge in [0.15, 0.2) is 0 Å². The second-order valence-corrected chi connectivity index (χ2v) is 5.63. The fourth-order valence-electron chi connectivity index (χ4n) is 2.67. The summed E-state index contributed by atoms with van der Waals surface area (Å²) in [6, 6.07) is 11.4. The number of aryl methyl sites for hydroxylation is 1. The van der Waals surface area contributed by atoms with Crippen LogP contribution in [0.15, 0.2) is 46.9 Å². The van der Waals surface area contributed by atoms with Gasteiger partial charge in [-0.2, -0.15) is 0 Å². The smallest absolute Gasteiger partial charge is 0.342 e. The Kier molecular flexibility index (Phi) is 4.88. The summed E-state index contributed by atoms with van der Waals surface area (Å²) in [5, 5.41) is 11.5. The van der Waals surface area contributed by atoms with Crippen molar-refractivity contribution in [3.8, 4) is 5.75 Å². The molecule has 3 aromatic rings. The Morgan fingerprint density at radius 3 is 2.77 bits per heavy atom. The van der Waals surface area contributed by atoms with Gasteiger partial charge in [0.25, 0.3) is 5.69 Å². The second-order valence-electron chi connectivity index (χ2n) is 5.63. The summed E-state index contributed by atoms with van der Waals surface area (Å²) < 4.78 is 16.4. The highest BCUT2D eigenvalue weighted by Gasteiger charge is 2.19. The third-order valence-electron chi connectivity index (χ3n) is 3.84. The van der Waals surface area contributed by atoms with Crippen molar-refractivity contribution in [2.24, 2.45) is 0 Å². The number of nitrogens with zero attached hydrogens (tertiary/aromatic N) is 1. The predicted octanol–water partition coefficient (Wildman–Crippen LogP) is 4.41. The van der Waals surface area contributed by atoms with Crippen LogP contribution in [-0.4, -0.2) is 17.5 Å². The number of carbonyl (C=O) groups excluding carboxylic acids is 1. The molecule has 7 heteroatoms. The molecule has 2 aromatic carbocycles. The zero-order valence-corrected chi connectivity index (χ0v) is 14.4. The lowest BCUT2D eigenvalue weighted by Gasteiger charge is -2.07. The van der Waals surface area contributed by atoms with Gasteiger partial charge in [0.05, 0.1) is 11.5 Å². The number of non-ortho nitro benzene ring substituents is 1. The van der Waals surface area contributed by atoms with E-state index in [0.29, 0.717) is 33.6 Å². The summed E-state index contributed by atoms with van der Waals surface area (Å²) >= 11 is 0. The number of benzene rings is 2. The Bertz CT molecular complexity index is 975. The van der Waals surface area contributed by atoms with Crippen LogP contribution in [-0.2, 0) is 11.3 Å². The fraction of sp³-hybridized carbons (Fsp3) is 0.211. The van der Waals surface area contributed by atoms with E-state index in [4.69, 9.17) is 13.9 Å². The third-order valence-corrected chi connectivity index (χ3v) is 3.84. The van der Waals surface area contributed by atoms with Gasteiger partial charge >= 0.3 is 5.97 Å². The number of hydrogen-bond acceptors (Lipinski definition) is 6. The van der Waals surface area contributed by atoms with Crippen molar-refractivity contribution in [2.75, 3.05) is 6.61 Å². The quantitative estimate of drug-likeness (QED) is 0.369. The molecule has 0 saturated carbocycles. The van der Waals surface area contributed by atoms with Gasteiger partial charge in [-0.3, -0.25) is 10.1 Å². The van der Waals surface area contributed by atoms with Gasteiger partial charge in [-0.05, 0) is 37.6 Å². The van der Waals surface area contributed by atoms with Gasteiger partial charge in [-0.15, -0.1) is 0 Å². The van der Waals surface area contributed by atoms with Gasteiger partial charge in [-0.1, -0.05) is 12.1 Å². The summed E-state index contributed by atoms with van der Waals surface area (Å²) in [5.41, 5.74) is 1.63. The molecule has 0 bridgehead atoms. The first-order valence-corrected chi connectivity index (χ1v) is 8.06. The van der Waals surface area contributed by atoms with Crippen molar-refractivity contribution < 1.29 is 23.6 Å². The highest BCUT2D eigenvalue weighted by Crippen LogP contribution is 2.30. The molecule has 0 radical (unpaired) electrons. The van der Waals surface area contributed by atoms with Gasteiger partial charge < -0.3 is 13.9 Å². The van der Waals surface area contributed by atoms with Crippen LogP contribution in [0, 0.1) is 17.0 Å². The molecule has 0 spiro atoms. The van der Waals surface area contributed by atoms with Crippen LogP contribution >= 0.6 is 0 Å². The van der Waals surface area contributed by atoms with Crippen molar-refractivity contribution >= 4 is 22.6 Å². The predicted molar refractivity (Wildman–Crippen MR) is 94.3 cm³/mol. The molecule has 0 aliphatic heterocycles. The van der Waals surface area contributed by atoms with E-state index in [2.05, 4.69) is 0 Å². The molecule has 0 aliphatic rings. The largest absolute Gasteiger partial charge is 0.489 e. The van der Waals surface area contributed by atoms with Crippen molar-refractivity contribution in [3.05, 3.63) is 69.5 Å². The van der Waals surface area contributed by atoms with Crippen LogP contribution in [0.2, 0.25) is 0 Å². The Morgan fingerprint density at radius 1 is 1.23 bits per heavy atom. The standard InChI is InChI=1S/C19H17NO6/c1-3-24-19(21)18-12(2)26-17-8-7-15(10-16(17)18)25-11-13-5-4-6-14(9-13)20(22)23/h4-10H,3,11H2,1-2H3. The number of hydrogen-bond donors (Lipinski definition) is 0. The van der Waals surface area contributed by atoms with Gasteiger partial charge in [0.2, 0.25) is 0 Å². The molecule has 0 saturated heterocycles. The molecule has 3 rings (SSSR count). The minimum Gasteiger partial charge on any atom is -0.489 e. The summed E-state index contributed by atoms with van der Waals surface area (Å²) in [7, 11) is 0. The van der Waals surface area contributed by atoms with E-state index < -0.39 is 10.9 Å². The Balaban J connectivity index is 1.85. The first-order chi connectivity index (χ1) is 12.5. The first kappa shape index (κ1) is 17.5. The molecule has 1 heterocycles. The molecule has 134 valence electrons. The average Bonchev–Trinajstić information content (AvgIpc) is 2.95. The number of furan rings is 1. The van der Waals surface area contributed by atoms with Crippen LogP contribution in [0.3, 0.4) is 0 Å². The van der Waals surface area contributed by atoms with Crippen LogP contribution in [0.5, 0.6) is 5.75 Å². The van der Waals surface area contributed by atoms with E-state index in [0.717, 1.165) is 0 Å². The van der Waals surface area contributed by atoms with E-state index in [1.165, 1.54) is 12.1 Å². The minimum absolute atomic E-state index is 0.0107. The van der Waals surface area contributed by atoms with Gasteiger partial charge in [-0.25, -0.2) is 4.79 Å². The van der Waals surface area contributed by atoms with E-state index in [9.17, 15) is 14.9 Å². The molecule has 7 nitrogen and oxygen atoms in total. The summed E-state index contributed by atoms with van der Waals surface area (Å²) in [6.07, 6.45) is 0. The molecule has 0 fully saturated rings. The Morgan fingerprint density at radius 2 is 2.04 bits per heavy atom. The molecule has 0 aliphatic carbocycles. The highest BCUT2D eigenvalue weighted by atomic mass is 16.6. The second kappa shape index (κ2) is 7.26. The summed E-state index contributed by atoms with van der Waals surface area (Å²) in [5.74, 6) is 0.559. The number of ether oxygens (including phenoxy) is 2. The van der Waals surface area contributed by atoms with Crippen molar-refractivity contribution in [1.82, 2.24) is 0 Å². The van der Waals surface area contributed by atoms with Crippen LogP contribution in [0.1, 0.15) is 28.6 Å². The summed E-state index contributed by atoms with van der Waals surface area (Å²) in [4.78, 5) is 22.5. The number of rotatable bonds is 6. The lowest BCUT2D eigenvalue weighted by molar-refractivity contribution is -0.384. The monoisotopic (exact) mass is 355 g/mol. The van der Waals surface area contributed by atoms with E-state index in [1.807, 2.05) is 0 Å². The number of esters is 1. The molecule has 26 heavy (non-hydrogen) atoms. The highest BCUT2D eigenvalue weighted by molar-refractivity contribution is 6.04. The fourth-order valence-corrected chi connectivity index (χ4v) is 2.67. The zero-order valence-electron chi connectivity index (χ0n) is 14.4. The topological polar surface area (TPSA) is 91.8 Å². The maximum Gasteiger partial charge on any atom is 0.342 e. The SMILES string of the molecule is CCOC(=O)c1c(C)oc2ccc(OCc3cccc([N+](=O)[O-])c3)cc12. The Hall–Kier alpha value is -3.35. The first-order valence-electron chi connectivity index (χ1n) is 8.06. The average molecular weight is 355 g/mol.